The average Bonchev–Trinajstić information content (AvgIpc) is 2.10. The van der Waals surface area contributed by atoms with Crippen LogP contribution in [0.25, 0.3) is 0 Å². The standard InChI is InChI=1S/C6H9ClN2O/c1-4-3-5(6(7)10)9(2)8-4/h3,5,8H,1-2H3. The summed E-state index contributed by atoms with van der Waals surface area (Å²) in [6.07, 6.45) is 1.79. The molecule has 0 fully saturated rings. The van der Waals surface area contributed by atoms with Gasteiger partial charge in [-0.25, -0.2) is 5.01 Å². The summed E-state index contributed by atoms with van der Waals surface area (Å²) in [5.41, 5.74) is 3.90. The van der Waals surface area contributed by atoms with Crippen LogP contribution >= 0.6 is 11.6 Å². The minimum atomic E-state index is -0.355. The fraction of sp³-hybridized carbons (Fsp3) is 0.500. The first kappa shape index (κ1) is 7.57. The average molecular weight is 161 g/mol. The Hall–Kier alpha value is -0.540. The molecule has 56 valence electrons. The number of nitrogens with zero attached hydrogens (tertiary/aromatic N) is 1. The van der Waals surface area contributed by atoms with Gasteiger partial charge in [-0.15, -0.1) is 0 Å². The molecule has 0 aliphatic carbocycles. The summed E-state index contributed by atoms with van der Waals surface area (Å²) in [5, 5.41) is 1.32. The van der Waals surface area contributed by atoms with E-state index in [2.05, 4.69) is 5.43 Å². The highest BCUT2D eigenvalue weighted by Crippen LogP contribution is 2.10. The van der Waals surface area contributed by atoms with Crippen LogP contribution in [0.2, 0.25) is 0 Å². The minimum absolute atomic E-state index is 0.304. The zero-order valence-electron chi connectivity index (χ0n) is 5.89. The van der Waals surface area contributed by atoms with Gasteiger partial charge in [0.2, 0.25) is 5.24 Å². The predicted molar refractivity (Wildman–Crippen MR) is 39.3 cm³/mol. The molecule has 1 unspecified atom stereocenters. The molecule has 0 saturated heterocycles. The third-order valence-electron chi connectivity index (χ3n) is 1.41. The molecule has 1 heterocycles. The quantitative estimate of drug-likeness (QED) is 0.567. The number of halogens is 1. The van der Waals surface area contributed by atoms with E-state index in [-0.39, 0.29) is 11.3 Å². The van der Waals surface area contributed by atoms with Gasteiger partial charge < -0.3 is 5.43 Å². The summed E-state index contributed by atoms with van der Waals surface area (Å²) in [4.78, 5) is 10.6. The van der Waals surface area contributed by atoms with Crippen molar-refractivity contribution in [3.05, 3.63) is 11.8 Å². The van der Waals surface area contributed by atoms with Crippen LogP contribution in [0.1, 0.15) is 6.92 Å². The van der Waals surface area contributed by atoms with Crippen LogP contribution in [0.3, 0.4) is 0 Å². The Kier molecular flexibility index (Phi) is 1.97. The molecule has 1 aliphatic heterocycles. The Balaban J connectivity index is 2.69. The Bertz CT molecular complexity index is 190. The largest absolute Gasteiger partial charge is 0.323 e. The molecule has 0 aromatic heterocycles. The summed E-state index contributed by atoms with van der Waals surface area (Å²) >= 11 is 5.28. The molecule has 0 amide bonds. The lowest BCUT2D eigenvalue weighted by Gasteiger charge is -2.15. The smallest absolute Gasteiger partial charge is 0.244 e. The monoisotopic (exact) mass is 160 g/mol. The number of carbonyl (C=O) groups excluding carboxylic acids is 1. The summed E-state index contributed by atoms with van der Waals surface area (Å²) in [6.45, 7) is 1.89. The van der Waals surface area contributed by atoms with E-state index in [0.29, 0.717) is 0 Å². The summed E-state index contributed by atoms with van der Waals surface area (Å²) < 4.78 is 0. The molecule has 0 aromatic carbocycles. The third kappa shape index (κ3) is 1.30. The summed E-state index contributed by atoms with van der Waals surface area (Å²) in [5.74, 6) is 0. The molecule has 0 bridgehead atoms. The number of likely N-dealkylation sites (N-methyl/N-ethyl adjacent to an activating group) is 1. The highest BCUT2D eigenvalue weighted by molar-refractivity contribution is 6.65. The van der Waals surface area contributed by atoms with Gasteiger partial charge in [0.25, 0.3) is 0 Å². The van der Waals surface area contributed by atoms with Gasteiger partial charge in [-0.1, -0.05) is 0 Å². The molecule has 4 heteroatoms. The Morgan fingerprint density at radius 3 is 2.70 bits per heavy atom. The fourth-order valence-electron chi connectivity index (χ4n) is 0.951. The van der Waals surface area contributed by atoms with E-state index in [1.165, 1.54) is 0 Å². The Labute approximate surface area is 64.6 Å². The first-order valence-corrected chi connectivity index (χ1v) is 3.36. The number of hydrogen-bond donors (Lipinski definition) is 1. The second kappa shape index (κ2) is 2.60. The summed E-state index contributed by atoms with van der Waals surface area (Å²) in [7, 11) is 1.78. The van der Waals surface area contributed by atoms with Crippen LogP contribution in [0.5, 0.6) is 0 Å². The number of nitrogens with one attached hydrogen (secondary N) is 1. The number of carbonyl (C=O) groups is 1. The van der Waals surface area contributed by atoms with Gasteiger partial charge in [0.15, 0.2) is 0 Å². The molecule has 0 radical (unpaired) electrons. The van der Waals surface area contributed by atoms with Crippen molar-refractivity contribution in [2.24, 2.45) is 0 Å². The van der Waals surface area contributed by atoms with Gasteiger partial charge >= 0.3 is 0 Å². The van der Waals surface area contributed by atoms with E-state index in [4.69, 9.17) is 11.6 Å². The predicted octanol–water partition coefficient (Wildman–Crippen LogP) is 0.474. The molecular formula is C6H9ClN2O. The van der Waals surface area contributed by atoms with Crippen molar-refractivity contribution in [2.75, 3.05) is 7.05 Å². The van der Waals surface area contributed by atoms with Crippen molar-refractivity contribution < 1.29 is 4.79 Å². The Morgan fingerprint density at radius 1 is 1.90 bits per heavy atom. The molecule has 1 rings (SSSR count). The molecule has 0 spiro atoms. The fourth-order valence-corrected chi connectivity index (χ4v) is 1.16. The van der Waals surface area contributed by atoms with Crippen molar-refractivity contribution in [1.82, 2.24) is 10.4 Å². The number of hydrogen-bond acceptors (Lipinski definition) is 3. The zero-order chi connectivity index (χ0) is 7.72. The van der Waals surface area contributed by atoms with Crippen LogP contribution in [0.4, 0.5) is 0 Å². The number of allylic oxidation sites excluding steroid dienone is 1. The zero-order valence-corrected chi connectivity index (χ0v) is 6.64. The van der Waals surface area contributed by atoms with Crippen LogP contribution in [-0.2, 0) is 4.79 Å². The third-order valence-corrected chi connectivity index (χ3v) is 1.63. The van der Waals surface area contributed by atoms with Crippen molar-refractivity contribution >= 4 is 16.8 Å². The van der Waals surface area contributed by atoms with E-state index in [0.717, 1.165) is 5.70 Å². The lowest BCUT2D eigenvalue weighted by molar-refractivity contribution is -0.114. The molecule has 1 atom stereocenters. The molecule has 0 aromatic rings. The van der Waals surface area contributed by atoms with Gasteiger partial charge in [0.05, 0.1) is 0 Å². The van der Waals surface area contributed by atoms with Crippen molar-refractivity contribution in [3.8, 4) is 0 Å². The second-order valence-electron chi connectivity index (χ2n) is 2.32. The van der Waals surface area contributed by atoms with E-state index in [9.17, 15) is 4.79 Å². The molecule has 1 aliphatic rings. The van der Waals surface area contributed by atoms with Crippen molar-refractivity contribution in [3.63, 3.8) is 0 Å². The highest BCUT2D eigenvalue weighted by Gasteiger charge is 2.23. The van der Waals surface area contributed by atoms with Gasteiger partial charge in [0, 0.05) is 12.7 Å². The van der Waals surface area contributed by atoms with Gasteiger partial charge in [-0.2, -0.15) is 0 Å². The minimum Gasteiger partial charge on any atom is -0.323 e. The first-order chi connectivity index (χ1) is 4.61. The lowest BCUT2D eigenvalue weighted by Crippen LogP contribution is -2.37. The van der Waals surface area contributed by atoms with E-state index >= 15 is 0 Å². The molecule has 1 N–H and O–H groups in total. The van der Waals surface area contributed by atoms with Gasteiger partial charge in [-0.3, -0.25) is 4.79 Å². The first-order valence-electron chi connectivity index (χ1n) is 2.98. The van der Waals surface area contributed by atoms with Crippen LogP contribution < -0.4 is 5.43 Å². The van der Waals surface area contributed by atoms with Crippen molar-refractivity contribution in [1.29, 1.82) is 0 Å². The topological polar surface area (TPSA) is 32.3 Å². The number of hydrazine groups is 1. The van der Waals surface area contributed by atoms with Crippen LogP contribution in [0.15, 0.2) is 11.8 Å². The summed E-state index contributed by atoms with van der Waals surface area (Å²) in [6, 6.07) is -0.304. The normalized spacial score (nSPS) is 25.9. The van der Waals surface area contributed by atoms with E-state index < -0.39 is 0 Å². The van der Waals surface area contributed by atoms with E-state index in [1.54, 1.807) is 18.1 Å². The molecule has 0 saturated carbocycles. The number of rotatable bonds is 1. The maximum atomic E-state index is 10.6. The maximum absolute atomic E-state index is 10.6. The van der Waals surface area contributed by atoms with Crippen LogP contribution in [-0.4, -0.2) is 23.3 Å². The van der Waals surface area contributed by atoms with Gasteiger partial charge in [0.1, 0.15) is 6.04 Å². The van der Waals surface area contributed by atoms with E-state index in [1.807, 2.05) is 6.92 Å². The Morgan fingerprint density at radius 2 is 2.50 bits per heavy atom. The SMILES string of the molecule is CC1=CC(C(=O)Cl)N(C)N1. The molecule has 10 heavy (non-hydrogen) atoms. The maximum Gasteiger partial charge on any atom is 0.244 e. The molecular weight excluding hydrogens is 152 g/mol. The second-order valence-corrected chi connectivity index (χ2v) is 2.69. The highest BCUT2D eigenvalue weighted by atomic mass is 35.5. The van der Waals surface area contributed by atoms with Crippen molar-refractivity contribution in [2.45, 2.75) is 13.0 Å². The molecule has 3 nitrogen and oxygen atoms in total. The van der Waals surface area contributed by atoms with Gasteiger partial charge in [-0.05, 0) is 24.6 Å². The van der Waals surface area contributed by atoms with Crippen LogP contribution in [0, 0.1) is 0 Å². The lowest BCUT2D eigenvalue weighted by atomic mass is 10.3.